The van der Waals surface area contributed by atoms with Crippen molar-refractivity contribution in [3.63, 3.8) is 0 Å². The predicted molar refractivity (Wildman–Crippen MR) is 116 cm³/mol. The molecule has 0 spiro atoms. The summed E-state index contributed by atoms with van der Waals surface area (Å²) in [7, 11) is 0. The van der Waals surface area contributed by atoms with E-state index in [2.05, 4.69) is 25.8 Å². The van der Waals surface area contributed by atoms with Gasteiger partial charge in [0.1, 0.15) is 18.2 Å². The summed E-state index contributed by atoms with van der Waals surface area (Å²) >= 11 is 1.56. The summed E-state index contributed by atoms with van der Waals surface area (Å²) in [6.07, 6.45) is -0.214. The minimum absolute atomic E-state index is 0. The van der Waals surface area contributed by atoms with Gasteiger partial charge < -0.3 is 25.0 Å². The minimum atomic E-state index is -0.985. The molecule has 2 unspecified atom stereocenters. The number of aliphatic hydroxyl groups is 1. The molecule has 0 aromatic carbocycles. The van der Waals surface area contributed by atoms with Crippen LogP contribution in [-0.2, 0) is 16.9 Å². The molecule has 0 radical (unpaired) electrons. The maximum absolute atomic E-state index is 10.6. The Labute approximate surface area is 180 Å². The largest absolute Gasteiger partial charge is 0.384 e. The highest BCUT2D eigenvalue weighted by atomic mass is 127. The number of guanidine groups is 1. The highest BCUT2D eigenvalue weighted by molar-refractivity contribution is 14.0. The molecule has 0 aliphatic heterocycles. The van der Waals surface area contributed by atoms with E-state index in [0.29, 0.717) is 37.4 Å². The molecule has 2 atom stereocenters. The molecule has 0 fully saturated rings. The first-order valence-corrected chi connectivity index (χ1v) is 9.61. The van der Waals surface area contributed by atoms with Gasteiger partial charge in [-0.3, -0.25) is 0 Å². The topological polar surface area (TPSA) is 105 Å². The van der Waals surface area contributed by atoms with Crippen molar-refractivity contribution in [2.75, 3.05) is 19.7 Å². The van der Waals surface area contributed by atoms with Gasteiger partial charge in [-0.1, -0.05) is 5.16 Å². The number of nitrogens with one attached hydrogen (secondary N) is 2. The molecular weight excluding hydrogens is 481 g/mol. The monoisotopic (exact) mass is 509 g/mol. The molecule has 0 aliphatic rings. The number of aliphatic imine (C=N–C) groups is 1. The predicted octanol–water partition coefficient (Wildman–Crippen LogP) is 2.81. The Hall–Kier alpha value is -1.24. The van der Waals surface area contributed by atoms with E-state index in [4.69, 9.17) is 9.26 Å². The van der Waals surface area contributed by atoms with Crippen LogP contribution < -0.4 is 10.6 Å². The van der Waals surface area contributed by atoms with E-state index >= 15 is 0 Å². The molecule has 0 aliphatic carbocycles. The molecule has 0 saturated carbocycles. The summed E-state index contributed by atoms with van der Waals surface area (Å²) in [4.78, 5) is 8.73. The van der Waals surface area contributed by atoms with Crippen molar-refractivity contribution in [3.8, 4) is 0 Å². The van der Waals surface area contributed by atoms with Crippen LogP contribution in [0.25, 0.3) is 0 Å². The number of rotatable bonds is 9. The second-order valence-corrected chi connectivity index (χ2v) is 6.76. The molecule has 2 aromatic heterocycles. The van der Waals surface area contributed by atoms with Crippen LogP contribution in [0.15, 0.2) is 26.3 Å². The lowest BCUT2D eigenvalue weighted by Gasteiger charge is -2.24. The third-order valence-electron chi connectivity index (χ3n) is 3.72. The van der Waals surface area contributed by atoms with Gasteiger partial charge in [0.15, 0.2) is 11.8 Å². The summed E-state index contributed by atoms with van der Waals surface area (Å²) in [6, 6.07) is 1.91. The minimum Gasteiger partial charge on any atom is -0.384 e. The van der Waals surface area contributed by atoms with Crippen molar-refractivity contribution >= 4 is 41.3 Å². The SMILES string of the molecule is CCNC(=NCc1nc(C(C)OCC)no1)NCC(C)(O)c1ccsc1.I. The molecule has 0 saturated heterocycles. The molecule has 0 amide bonds. The Kier molecular flexibility index (Phi) is 10.2. The van der Waals surface area contributed by atoms with Crippen molar-refractivity contribution in [2.45, 2.75) is 45.9 Å². The second kappa shape index (κ2) is 11.6. The zero-order chi connectivity index (χ0) is 19.0. The Balaban J connectivity index is 0.00000364. The van der Waals surface area contributed by atoms with E-state index < -0.39 is 5.60 Å². The first kappa shape index (κ1) is 23.8. The third-order valence-corrected chi connectivity index (χ3v) is 4.41. The van der Waals surface area contributed by atoms with Gasteiger partial charge in [-0.15, -0.1) is 24.0 Å². The van der Waals surface area contributed by atoms with Gasteiger partial charge in [0.05, 0.1) is 6.54 Å². The summed E-state index contributed by atoms with van der Waals surface area (Å²) in [5.74, 6) is 1.49. The Bertz CT molecular complexity index is 691. The fourth-order valence-corrected chi connectivity index (χ4v) is 3.02. The van der Waals surface area contributed by atoms with Crippen LogP contribution >= 0.6 is 35.3 Å². The summed E-state index contributed by atoms with van der Waals surface area (Å²) in [5, 5.41) is 24.7. The van der Waals surface area contributed by atoms with Gasteiger partial charge in [0.2, 0.25) is 5.89 Å². The van der Waals surface area contributed by atoms with Gasteiger partial charge in [0, 0.05) is 13.2 Å². The molecule has 2 aromatic rings. The number of nitrogens with zero attached hydrogens (tertiary/aromatic N) is 3. The van der Waals surface area contributed by atoms with Crippen LogP contribution in [0.3, 0.4) is 0 Å². The normalized spacial score (nSPS) is 14.9. The number of hydrogen-bond donors (Lipinski definition) is 3. The van der Waals surface area contributed by atoms with Gasteiger partial charge in [0.25, 0.3) is 0 Å². The lowest BCUT2D eigenvalue weighted by Crippen LogP contribution is -2.44. The van der Waals surface area contributed by atoms with E-state index in [-0.39, 0.29) is 36.6 Å². The quantitative estimate of drug-likeness (QED) is 0.271. The van der Waals surface area contributed by atoms with Crippen molar-refractivity contribution < 1.29 is 14.4 Å². The summed E-state index contributed by atoms with van der Waals surface area (Å²) < 4.78 is 10.7. The van der Waals surface area contributed by atoms with Crippen LogP contribution in [-0.4, -0.2) is 40.9 Å². The smallest absolute Gasteiger partial charge is 0.248 e. The van der Waals surface area contributed by atoms with Crippen LogP contribution in [0, 0.1) is 0 Å². The van der Waals surface area contributed by atoms with Gasteiger partial charge >= 0.3 is 0 Å². The Morgan fingerprint density at radius 3 is 2.85 bits per heavy atom. The molecular formula is C17H28IN5O3S. The van der Waals surface area contributed by atoms with Crippen LogP contribution in [0.5, 0.6) is 0 Å². The maximum Gasteiger partial charge on any atom is 0.248 e. The Morgan fingerprint density at radius 1 is 1.44 bits per heavy atom. The van der Waals surface area contributed by atoms with E-state index in [9.17, 15) is 5.11 Å². The summed E-state index contributed by atoms with van der Waals surface area (Å²) in [6.45, 7) is 9.38. The molecule has 152 valence electrons. The zero-order valence-corrected chi connectivity index (χ0v) is 19.2. The highest BCUT2D eigenvalue weighted by Gasteiger charge is 2.23. The van der Waals surface area contributed by atoms with Crippen molar-refractivity contribution in [1.82, 2.24) is 20.8 Å². The van der Waals surface area contributed by atoms with Gasteiger partial charge in [-0.2, -0.15) is 16.3 Å². The lowest BCUT2D eigenvalue weighted by molar-refractivity contribution is 0.0621. The molecule has 3 N–H and O–H groups in total. The van der Waals surface area contributed by atoms with E-state index in [1.807, 2.05) is 37.6 Å². The average molecular weight is 509 g/mol. The van der Waals surface area contributed by atoms with Gasteiger partial charge in [-0.05, 0) is 50.1 Å². The van der Waals surface area contributed by atoms with Crippen LogP contribution in [0.1, 0.15) is 51.1 Å². The standard InChI is InChI=1S/C17H27N5O3S.HI/c1-5-18-16(20-11-17(4,23)13-7-8-26-10-13)19-9-14-21-15(22-25-14)12(3)24-6-2;/h7-8,10,12,23H,5-6,9,11H2,1-4H3,(H2,18,19,20);1H. The molecule has 8 nitrogen and oxygen atoms in total. The maximum atomic E-state index is 10.6. The highest BCUT2D eigenvalue weighted by Crippen LogP contribution is 2.22. The molecule has 2 rings (SSSR count). The first-order chi connectivity index (χ1) is 12.5. The fraction of sp³-hybridized carbons (Fsp3) is 0.588. The molecule has 10 heteroatoms. The third kappa shape index (κ3) is 7.35. The number of hydrogen-bond acceptors (Lipinski definition) is 7. The second-order valence-electron chi connectivity index (χ2n) is 5.98. The Morgan fingerprint density at radius 2 is 2.22 bits per heavy atom. The average Bonchev–Trinajstić information content (AvgIpc) is 3.29. The summed E-state index contributed by atoms with van der Waals surface area (Å²) in [5.41, 5.74) is -0.113. The molecule has 0 bridgehead atoms. The van der Waals surface area contributed by atoms with Crippen molar-refractivity contribution in [1.29, 1.82) is 0 Å². The lowest BCUT2D eigenvalue weighted by atomic mass is 9.99. The number of thiophene rings is 1. The van der Waals surface area contributed by atoms with Gasteiger partial charge in [-0.25, -0.2) is 4.99 Å². The van der Waals surface area contributed by atoms with Crippen LogP contribution in [0.2, 0.25) is 0 Å². The van der Waals surface area contributed by atoms with Crippen molar-refractivity contribution in [3.05, 3.63) is 34.1 Å². The van der Waals surface area contributed by atoms with E-state index in [0.717, 1.165) is 5.56 Å². The van der Waals surface area contributed by atoms with Crippen LogP contribution in [0.4, 0.5) is 0 Å². The molecule has 27 heavy (non-hydrogen) atoms. The first-order valence-electron chi connectivity index (χ1n) is 8.67. The zero-order valence-electron chi connectivity index (χ0n) is 16.1. The number of aromatic nitrogens is 2. The number of ether oxygens (including phenoxy) is 1. The number of halogens is 1. The van der Waals surface area contributed by atoms with Crippen molar-refractivity contribution in [2.24, 2.45) is 4.99 Å². The van der Waals surface area contributed by atoms with E-state index in [1.54, 1.807) is 18.3 Å². The molecule has 2 heterocycles. The van der Waals surface area contributed by atoms with E-state index in [1.165, 1.54) is 0 Å². The fourth-order valence-electron chi connectivity index (χ4n) is 2.24.